The number of carbonyl (C=O) groups is 1. The van der Waals surface area contributed by atoms with Gasteiger partial charge in [-0.05, 0) is 36.7 Å². The number of esters is 1. The lowest BCUT2D eigenvalue weighted by Gasteiger charge is -2.23. The van der Waals surface area contributed by atoms with Crippen molar-refractivity contribution < 1.29 is 9.53 Å². The lowest BCUT2D eigenvalue weighted by Crippen LogP contribution is -2.19. The second-order valence-electron chi connectivity index (χ2n) is 4.57. The number of allylic oxidation sites excluding steroid dienone is 4. The average Bonchev–Trinajstić information content (AvgIpc) is 2.68. The maximum Gasteiger partial charge on any atom is 0.307 e. The van der Waals surface area contributed by atoms with Gasteiger partial charge in [0.05, 0.1) is 0 Å². The lowest BCUT2D eigenvalue weighted by molar-refractivity contribution is -0.137. The maximum atomic E-state index is 10.9. The number of hydrogen-bond donors (Lipinski definition) is 0. The topological polar surface area (TPSA) is 26.3 Å². The molecule has 0 spiro atoms. The first-order valence-electron chi connectivity index (χ1n) is 5.32. The largest absolute Gasteiger partial charge is 0.431 e. The van der Waals surface area contributed by atoms with Crippen molar-refractivity contribution in [1.82, 2.24) is 0 Å². The van der Waals surface area contributed by atoms with Crippen molar-refractivity contribution in [1.29, 1.82) is 0 Å². The molecule has 0 unspecified atom stereocenters. The number of rotatable bonds is 1. The number of fused-ring (bicyclic) bond motifs is 5. The summed E-state index contributed by atoms with van der Waals surface area (Å²) in [5, 5.41) is 0. The standard InChI is InChI=1S/C12H14O2/c1-7(13)14-12-6-8-5-11(12)10-4-2-3-9(8)10/h2-3,6,8-11H,4-5H2,1H3/t8-,9-,10+,11-/m1/s1. The van der Waals surface area contributed by atoms with E-state index in [1.165, 1.54) is 19.8 Å². The molecule has 0 amide bonds. The van der Waals surface area contributed by atoms with Gasteiger partial charge in [0.25, 0.3) is 0 Å². The van der Waals surface area contributed by atoms with Crippen LogP contribution < -0.4 is 0 Å². The average molecular weight is 190 g/mol. The molecule has 3 aliphatic carbocycles. The van der Waals surface area contributed by atoms with Gasteiger partial charge in [-0.25, -0.2) is 0 Å². The molecule has 0 aromatic rings. The van der Waals surface area contributed by atoms with E-state index in [9.17, 15) is 4.79 Å². The van der Waals surface area contributed by atoms with E-state index in [0.29, 0.717) is 11.8 Å². The molecule has 1 saturated carbocycles. The predicted octanol–water partition coefficient (Wildman–Crippen LogP) is 2.28. The van der Waals surface area contributed by atoms with E-state index in [0.717, 1.165) is 17.6 Å². The van der Waals surface area contributed by atoms with Gasteiger partial charge in [0, 0.05) is 12.8 Å². The zero-order valence-electron chi connectivity index (χ0n) is 8.27. The highest BCUT2D eigenvalue weighted by molar-refractivity contribution is 5.67. The summed E-state index contributed by atoms with van der Waals surface area (Å²) in [6.07, 6.45) is 9.16. The molecule has 3 aliphatic rings. The molecular formula is C12H14O2. The number of ether oxygens (including phenoxy) is 1. The van der Waals surface area contributed by atoms with E-state index in [1.807, 2.05) is 0 Å². The van der Waals surface area contributed by atoms with Gasteiger partial charge in [-0.1, -0.05) is 12.2 Å². The van der Waals surface area contributed by atoms with Gasteiger partial charge in [-0.3, -0.25) is 4.79 Å². The molecule has 4 atom stereocenters. The Kier molecular flexibility index (Phi) is 1.61. The van der Waals surface area contributed by atoms with E-state index in [2.05, 4.69) is 18.2 Å². The summed E-state index contributed by atoms with van der Waals surface area (Å²) in [7, 11) is 0. The molecule has 0 aromatic carbocycles. The highest BCUT2D eigenvalue weighted by Crippen LogP contribution is 2.55. The molecule has 0 radical (unpaired) electrons. The summed E-state index contributed by atoms with van der Waals surface area (Å²) in [6, 6.07) is 0. The first-order valence-corrected chi connectivity index (χ1v) is 5.32. The van der Waals surface area contributed by atoms with Crippen LogP contribution in [0.25, 0.3) is 0 Å². The maximum absolute atomic E-state index is 10.9. The molecule has 14 heavy (non-hydrogen) atoms. The molecule has 2 nitrogen and oxygen atoms in total. The Bertz CT molecular complexity index is 340. The van der Waals surface area contributed by atoms with Gasteiger partial charge in [-0.2, -0.15) is 0 Å². The van der Waals surface area contributed by atoms with Crippen LogP contribution in [0.5, 0.6) is 0 Å². The third kappa shape index (κ3) is 0.999. The Morgan fingerprint density at radius 3 is 3.21 bits per heavy atom. The van der Waals surface area contributed by atoms with Crippen molar-refractivity contribution >= 4 is 5.97 Å². The highest BCUT2D eigenvalue weighted by Gasteiger charge is 2.49. The molecular weight excluding hydrogens is 176 g/mol. The van der Waals surface area contributed by atoms with Crippen LogP contribution in [-0.2, 0) is 9.53 Å². The third-order valence-electron chi connectivity index (χ3n) is 3.80. The number of carbonyl (C=O) groups excluding carboxylic acids is 1. The van der Waals surface area contributed by atoms with Gasteiger partial charge in [0.15, 0.2) is 0 Å². The molecule has 0 aliphatic heterocycles. The summed E-state index contributed by atoms with van der Waals surface area (Å²) in [4.78, 5) is 10.9. The van der Waals surface area contributed by atoms with Crippen LogP contribution in [0.2, 0.25) is 0 Å². The Labute approximate surface area is 83.6 Å². The number of hydrogen-bond acceptors (Lipinski definition) is 2. The van der Waals surface area contributed by atoms with Crippen LogP contribution in [0.4, 0.5) is 0 Å². The van der Waals surface area contributed by atoms with E-state index in [1.54, 1.807) is 0 Å². The zero-order valence-corrected chi connectivity index (χ0v) is 8.27. The van der Waals surface area contributed by atoms with Crippen LogP contribution in [0.15, 0.2) is 24.0 Å². The van der Waals surface area contributed by atoms with Crippen molar-refractivity contribution in [2.24, 2.45) is 23.7 Å². The molecule has 0 N–H and O–H groups in total. The van der Waals surface area contributed by atoms with E-state index < -0.39 is 0 Å². The molecule has 1 fully saturated rings. The Balaban J connectivity index is 1.84. The minimum absolute atomic E-state index is 0.175. The van der Waals surface area contributed by atoms with Crippen molar-refractivity contribution in [2.45, 2.75) is 19.8 Å². The Morgan fingerprint density at radius 2 is 2.43 bits per heavy atom. The van der Waals surface area contributed by atoms with Crippen molar-refractivity contribution in [3.8, 4) is 0 Å². The molecule has 2 bridgehead atoms. The molecule has 0 saturated heterocycles. The fourth-order valence-corrected chi connectivity index (χ4v) is 3.33. The predicted molar refractivity (Wildman–Crippen MR) is 52.2 cm³/mol. The Morgan fingerprint density at radius 1 is 1.57 bits per heavy atom. The first kappa shape index (κ1) is 8.27. The second kappa shape index (κ2) is 2.72. The van der Waals surface area contributed by atoms with Crippen molar-refractivity contribution in [3.63, 3.8) is 0 Å². The molecule has 0 aromatic heterocycles. The SMILES string of the molecule is CC(=O)OC1=C[C@H]2C[C@@H]1[C@H]1CC=C[C@@H]12. The first-order chi connectivity index (χ1) is 6.75. The quantitative estimate of drug-likeness (QED) is 0.468. The van der Waals surface area contributed by atoms with Crippen LogP contribution in [0.1, 0.15) is 19.8 Å². The van der Waals surface area contributed by atoms with Gasteiger partial charge < -0.3 is 4.74 Å². The van der Waals surface area contributed by atoms with E-state index in [-0.39, 0.29) is 5.97 Å². The van der Waals surface area contributed by atoms with Gasteiger partial charge in [0.2, 0.25) is 0 Å². The van der Waals surface area contributed by atoms with Crippen LogP contribution in [0, 0.1) is 23.7 Å². The van der Waals surface area contributed by atoms with Gasteiger partial charge in [0.1, 0.15) is 5.76 Å². The Hall–Kier alpha value is -1.05. The lowest BCUT2D eigenvalue weighted by atomic mass is 9.85. The monoisotopic (exact) mass is 190 g/mol. The van der Waals surface area contributed by atoms with Gasteiger partial charge >= 0.3 is 5.97 Å². The summed E-state index contributed by atoms with van der Waals surface area (Å²) in [5.41, 5.74) is 0. The van der Waals surface area contributed by atoms with Crippen LogP contribution in [0.3, 0.4) is 0 Å². The minimum Gasteiger partial charge on any atom is -0.431 e. The highest BCUT2D eigenvalue weighted by atomic mass is 16.5. The van der Waals surface area contributed by atoms with Crippen molar-refractivity contribution in [2.75, 3.05) is 0 Å². The fraction of sp³-hybridized carbons (Fsp3) is 0.583. The minimum atomic E-state index is -0.175. The normalized spacial score (nSPS) is 42.5. The second-order valence-corrected chi connectivity index (χ2v) is 4.57. The van der Waals surface area contributed by atoms with Crippen molar-refractivity contribution in [3.05, 3.63) is 24.0 Å². The van der Waals surface area contributed by atoms with E-state index >= 15 is 0 Å². The van der Waals surface area contributed by atoms with E-state index in [4.69, 9.17) is 4.74 Å². The van der Waals surface area contributed by atoms with Gasteiger partial charge in [-0.15, -0.1) is 0 Å². The molecule has 0 heterocycles. The summed E-state index contributed by atoms with van der Waals surface area (Å²) >= 11 is 0. The smallest absolute Gasteiger partial charge is 0.307 e. The zero-order chi connectivity index (χ0) is 9.71. The van der Waals surface area contributed by atoms with Crippen LogP contribution in [-0.4, -0.2) is 5.97 Å². The molecule has 3 rings (SSSR count). The summed E-state index contributed by atoms with van der Waals surface area (Å²) in [6.45, 7) is 1.48. The molecule has 2 heteroatoms. The van der Waals surface area contributed by atoms with Crippen LogP contribution >= 0.6 is 0 Å². The molecule has 74 valence electrons. The summed E-state index contributed by atoms with van der Waals surface area (Å²) in [5.74, 6) is 3.39. The fourth-order valence-electron chi connectivity index (χ4n) is 3.33. The summed E-state index contributed by atoms with van der Waals surface area (Å²) < 4.78 is 5.25. The third-order valence-corrected chi connectivity index (χ3v) is 3.80.